The van der Waals surface area contributed by atoms with Crippen LogP contribution < -0.4 is 10.1 Å². The zero-order valence-corrected chi connectivity index (χ0v) is 13.5. The molecule has 2 rings (SSSR count). The van der Waals surface area contributed by atoms with Gasteiger partial charge in [-0.05, 0) is 56.2 Å². The van der Waals surface area contributed by atoms with Gasteiger partial charge in [0.1, 0.15) is 5.75 Å². The van der Waals surface area contributed by atoms with E-state index in [0.717, 1.165) is 17.3 Å². The van der Waals surface area contributed by atoms with E-state index in [0.29, 0.717) is 0 Å². The van der Waals surface area contributed by atoms with E-state index in [1.807, 2.05) is 44.2 Å². The van der Waals surface area contributed by atoms with E-state index in [1.165, 1.54) is 11.1 Å². The summed E-state index contributed by atoms with van der Waals surface area (Å²) in [5.74, 6) is 0.914. The second-order valence-corrected chi connectivity index (χ2v) is 5.90. The normalized spacial score (nSPS) is 12.4. The lowest BCUT2D eigenvalue weighted by Crippen LogP contribution is -2.18. The van der Waals surface area contributed by atoms with E-state index >= 15 is 0 Å². The van der Waals surface area contributed by atoms with Crippen LogP contribution in [0.4, 0.5) is 0 Å². The molecule has 0 bridgehead atoms. The van der Waals surface area contributed by atoms with E-state index in [9.17, 15) is 0 Å². The maximum atomic E-state index is 6.02. The van der Waals surface area contributed by atoms with Gasteiger partial charge in [0.2, 0.25) is 0 Å². The minimum atomic E-state index is 0.205. The van der Waals surface area contributed by atoms with E-state index in [4.69, 9.17) is 16.3 Å². The standard InChI is InChI=1S/C18H22ClNO/c1-13(2)21-18-9-7-15(8-10-18)12-20-14(3)16-5-4-6-17(19)11-16/h4-11,13-14,20H,12H2,1-3H3. The Kier molecular flexibility index (Phi) is 5.66. The van der Waals surface area contributed by atoms with Crippen molar-refractivity contribution in [3.8, 4) is 5.75 Å². The molecule has 0 radical (unpaired) electrons. The predicted octanol–water partition coefficient (Wildman–Crippen LogP) is 4.98. The molecule has 0 aliphatic rings. The highest BCUT2D eigenvalue weighted by atomic mass is 35.5. The molecule has 3 heteroatoms. The van der Waals surface area contributed by atoms with Crippen molar-refractivity contribution in [1.82, 2.24) is 5.32 Å². The molecule has 1 atom stereocenters. The van der Waals surface area contributed by atoms with Crippen LogP contribution in [-0.4, -0.2) is 6.10 Å². The van der Waals surface area contributed by atoms with Crippen LogP contribution in [0.1, 0.15) is 37.9 Å². The van der Waals surface area contributed by atoms with Crippen LogP contribution >= 0.6 is 11.6 Å². The highest BCUT2D eigenvalue weighted by Crippen LogP contribution is 2.18. The third-order valence-corrected chi connectivity index (χ3v) is 3.49. The largest absolute Gasteiger partial charge is 0.491 e. The van der Waals surface area contributed by atoms with Crippen molar-refractivity contribution >= 4 is 11.6 Å². The van der Waals surface area contributed by atoms with Crippen LogP contribution in [0.5, 0.6) is 5.75 Å². The van der Waals surface area contributed by atoms with Crippen molar-refractivity contribution in [1.29, 1.82) is 0 Å². The lowest BCUT2D eigenvalue weighted by Gasteiger charge is -2.15. The summed E-state index contributed by atoms with van der Waals surface area (Å²) >= 11 is 6.02. The molecule has 2 nitrogen and oxygen atoms in total. The fourth-order valence-corrected chi connectivity index (χ4v) is 2.32. The molecule has 0 saturated heterocycles. The molecule has 0 spiro atoms. The number of hydrogen-bond donors (Lipinski definition) is 1. The van der Waals surface area contributed by atoms with Gasteiger partial charge in [-0.3, -0.25) is 0 Å². The van der Waals surface area contributed by atoms with Gasteiger partial charge in [0.15, 0.2) is 0 Å². The van der Waals surface area contributed by atoms with Gasteiger partial charge in [-0.15, -0.1) is 0 Å². The van der Waals surface area contributed by atoms with E-state index in [1.54, 1.807) is 0 Å². The summed E-state index contributed by atoms with van der Waals surface area (Å²) in [7, 11) is 0. The Balaban J connectivity index is 1.90. The second-order valence-electron chi connectivity index (χ2n) is 5.47. The van der Waals surface area contributed by atoms with Crippen molar-refractivity contribution in [2.24, 2.45) is 0 Å². The van der Waals surface area contributed by atoms with Crippen LogP contribution in [0.25, 0.3) is 0 Å². The van der Waals surface area contributed by atoms with Crippen LogP contribution in [0, 0.1) is 0 Å². The van der Waals surface area contributed by atoms with Crippen LogP contribution in [0.15, 0.2) is 48.5 Å². The molecule has 1 N–H and O–H groups in total. The average Bonchev–Trinajstić information content (AvgIpc) is 2.45. The van der Waals surface area contributed by atoms with Crippen molar-refractivity contribution < 1.29 is 4.74 Å². The fourth-order valence-electron chi connectivity index (χ4n) is 2.12. The number of halogens is 1. The maximum Gasteiger partial charge on any atom is 0.119 e. The van der Waals surface area contributed by atoms with Crippen LogP contribution in [0.2, 0.25) is 5.02 Å². The molecule has 21 heavy (non-hydrogen) atoms. The second kappa shape index (κ2) is 7.48. The number of nitrogens with one attached hydrogen (secondary N) is 1. The molecule has 0 heterocycles. The lowest BCUT2D eigenvalue weighted by atomic mass is 10.1. The third-order valence-electron chi connectivity index (χ3n) is 3.26. The average molecular weight is 304 g/mol. The zero-order valence-electron chi connectivity index (χ0n) is 12.8. The van der Waals surface area contributed by atoms with Gasteiger partial charge in [-0.25, -0.2) is 0 Å². The van der Waals surface area contributed by atoms with Crippen molar-refractivity contribution in [2.45, 2.75) is 39.5 Å². The predicted molar refractivity (Wildman–Crippen MR) is 88.9 cm³/mol. The van der Waals surface area contributed by atoms with Crippen LogP contribution in [0.3, 0.4) is 0 Å². The van der Waals surface area contributed by atoms with Gasteiger partial charge in [0.25, 0.3) is 0 Å². The van der Waals surface area contributed by atoms with Gasteiger partial charge < -0.3 is 10.1 Å². The van der Waals surface area contributed by atoms with Gasteiger partial charge in [-0.1, -0.05) is 35.9 Å². The number of hydrogen-bond acceptors (Lipinski definition) is 2. The maximum absolute atomic E-state index is 6.02. The first-order chi connectivity index (χ1) is 10.0. The molecule has 112 valence electrons. The van der Waals surface area contributed by atoms with Crippen molar-refractivity contribution in [3.63, 3.8) is 0 Å². The highest BCUT2D eigenvalue weighted by molar-refractivity contribution is 6.30. The highest BCUT2D eigenvalue weighted by Gasteiger charge is 2.05. The van der Waals surface area contributed by atoms with E-state index in [2.05, 4.69) is 30.4 Å². The first kappa shape index (κ1) is 15.9. The molecule has 0 aliphatic carbocycles. The lowest BCUT2D eigenvalue weighted by molar-refractivity contribution is 0.242. The Morgan fingerprint density at radius 2 is 1.76 bits per heavy atom. The summed E-state index contributed by atoms with van der Waals surface area (Å²) in [4.78, 5) is 0. The van der Waals surface area contributed by atoms with Gasteiger partial charge in [0.05, 0.1) is 6.10 Å². The first-order valence-corrected chi connectivity index (χ1v) is 7.67. The Labute approximate surface area is 132 Å². The van der Waals surface area contributed by atoms with Crippen molar-refractivity contribution in [3.05, 3.63) is 64.7 Å². The molecule has 1 unspecified atom stereocenters. The summed E-state index contributed by atoms with van der Waals surface area (Å²) in [6, 6.07) is 16.4. The number of rotatable bonds is 6. The molecular formula is C18H22ClNO. The summed E-state index contributed by atoms with van der Waals surface area (Å²) in [5, 5.41) is 4.28. The van der Waals surface area contributed by atoms with Crippen LogP contribution in [-0.2, 0) is 6.54 Å². The minimum Gasteiger partial charge on any atom is -0.491 e. The Hall–Kier alpha value is -1.51. The summed E-state index contributed by atoms with van der Waals surface area (Å²) in [6.45, 7) is 7.02. The molecule has 0 fully saturated rings. The van der Waals surface area contributed by atoms with Gasteiger partial charge >= 0.3 is 0 Å². The van der Waals surface area contributed by atoms with Gasteiger partial charge in [0, 0.05) is 17.6 Å². The number of benzene rings is 2. The summed E-state index contributed by atoms with van der Waals surface area (Å²) in [6.07, 6.45) is 0.205. The monoisotopic (exact) mass is 303 g/mol. The fraction of sp³-hybridized carbons (Fsp3) is 0.333. The first-order valence-electron chi connectivity index (χ1n) is 7.29. The quantitative estimate of drug-likeness (QED) is 0.813. The number of ether oxygens (including phenoxy) is 1. The molecule has 0 amide bonds. The Morgan fingerprint density at radius 1 is 1.05 bits per heavy atom. The Bertz CT molecular complexity index is 566. The molecule has 0 saturated carbocycles. The molecular weight excluding hydrogens is 282 g/mol. The Morgan fingerprint density at radius 3 is 2.38 bits per heavy atom. The molecule has 0 aliphatic heterocycles. The topological polar surface area (TPSA) is 21.3 Å². The van der Waals surface area contributed by atoms with Gasteiger partial charge in [-0.2, -0.15) is 0 Å². The summed E-state index contributed by atoms with van der Waals surface area (Å²) < 4.78 is 5.64. The third kappa shape index (κ3) is 5.07. The molecule has 2 aromatic rings. The zero-order chi connectivity index (χ0) is 15.2. The van der Waals surface area contributed by atoms with E-state index in [-0.39, 0.29) is 12.1 Å². The van der Waals surface area contributed by atoms with E-state index < -0.39 is 0 Å². The molecule has 0 aromatic heterocycles. The smallest absolute Gasteiger partial charge is 0.119 e. The molecule has 2 aromatic carbocycles. The SMILES string of the molecule is CC(C)Oc1ccc(CNC(C)c2cccc(Cl)c2)cc1. The summed E-state index contributed by atoms with van der Waals surface area (Å²) in [5.41, 5.74) is 2.43. The van der Waals surface area contributed by atoms with Crippen molar-refractivity contribution in [2.75, 3.05) is 0 Å². The minimum absolute atomic E-state index is 0.205.